The van der Waals surface area contributed by atoms with Crippen molar-refractivity contribution in [2.45, 2.75) is 19.8 Å². The Hall–Kier alpha value is -1.80. The Bertz CT molecular complexity index is 511. The van der Waals surface area contributed by atoms with Crippen LogP contribution in [0.1, 0.15) is 18.9 Å². The molecule has 1 aromatic rings. The van der Waals surface area contributed by atoms with Crippen molar-refractivity contribution in [3.05, 3.63) is 23.5 Å². The molecule has 5 heteroatoms. The van der Waals surface area contributed by atoms with Gasteiger partial charge in [-0.15, -0.1) is 6.42 Å². The summed E-state index contributed by atoms with van der Waals surface area (Å²) in [5, 5.41) is 3.06. The lowest BCUT2D eigenvalue weighted by atomic mass is 10.1. The van der Waals surface area contributed by atoms with Crippen LogP contribution in [0, 0.1) is 18.2 Å². The van der Waals surface area contributed by atoms with E-state index in [4.69, 9.17) is 28.1 Å². The maximum atomic E-state index is 14.0. The molecule has 20 heavy (non-hydrogen) atoms. The van der Waals surface area contributed by atoms with E-state index in [1.165, 1.54) is 13.2 Å². The molecule has 0 amide bonds. The second-order valence-electron chi connectivity index (χ2n) is 4.06. The summed E-state index contributed by atoms with van der Waals surface area (Å²) < 4.78 is 24.3. The van der Waals surface area contributed by atoms with Gasteiger partial charge < -0.3 is 14.8 Å². The van der Waals surface area contributed by atoms with E-state index in [0.29, 0.717) is 18.6 Å². The van der Waals surface area contributed by atoms with E-state index in [2.05, 4.69) is 11.2 Å². The number of terminal acetylenes is 1. The Kier molecular flexibility index (Phi) is 6.82. The predicted molar refractivity (Wildman–Crippen MR) is 81.9 cm³/mol. The van der Waals surface area contributed by atoms with E-state index in [9.17, 15) is 4.39 Å². The van der Waals surface area contributed by atoms with Crippen molar-refractivity contribution in [2.24, 2.45) is 0 Å². The van der Waals surface area contributed by atoms with E-state index in [-0.39, 0.29) is 12.4 Å². The highest BCUT2D eigenvalue weighted by Gasteiger charge is 2.13. The van der Waals surface area contributed by atoms with E-state index in [0.717, 1.165) is 17.1 Å². The first-order chi connectivity index (χ1) is 9.62. The molecule has 0 unspecified atom stereocenters. The Labute approximate surface area is 124 Å². The van der Waals surface area contributed by atoms with Gasteiger partial charge in [-0.2, -0.15) is 0 Å². The molecule has 0 aliphatic rings. The van der Waals surface area contributed by atoms with Gasteiger partial charge in [-0.1, -0.05) is 18.1 Å². The fourth-order valence-corrected chi connectivity index (χ4v) is 1.96. The molecule has 0 heterocycles. The van der Waals surface area contributed by atoms with Crippen LogP contribution in [0.4, 0.5) is 4.39 Å². The molecular formula is C15H18FNO2S. The molecule has 1 N–H and O–H groups in total. The summed E-state index contributed by atoms with van der Waals surface area (Å²) in [4.78, 5) is 0.763. The number of hydrogen-bond acceptors (Lipinski definition) is 3. The second kappa shape index (κ2) is 8.39. The van der Waals surface area contributed by atoms with Crippen LogP contribution in [0.3, 0.4) is 0 Å². The standard InChI is InChI=1S/C15H18FNO2S/c1-4-8-19-15-12(16)9-11(10-13(15)18-3)6-7-14(20)17-5-2/h1,9-10H,5-8H2,2-3H3,(H,17,20). The van der Waals surface area contributed by atoms with Crippen LogP contribution in [0.2, 0.25) is 0 Å². The zero-order valence-corrected chi connectivity index (χ0v) is 12.5. The van der Waals surface area contributed by atoms with Gasteiger partial charge in [0, 0.05) is 13.0 Å². The molecule has 0 bridgehead atoms. The zero-order valence-electron chi connectivity index (χ0n) is 11.7. The molecule has 0 saturated carbocycles. The number of nitrogens with one attached hydrogen (secondary N) is 1. The first-order valence-corrected chi connectivity index (χ1v) is 6.72. The van der Waals surface area contributed by atoms with Gasteiger partial charge in [-0.05, 0) is 31.0 Å². The molecule has 3 nitrogen and oxygen atoms in total. The van der Waals surface area contributed by atoms with Crippen molar-refractivity contribution in [1.29, 1.82) is 0 Å². The van der Waals surface area contributed by atoms with E-state index in [1.807, 2.05) is 6.92 Å². The minimum absolute atomic E-state index is 0.00284. The molecule has 0 saturated heterocycles. The average Bonchev–Trinajstić information content (AvgIpc) is 2.43. The summed E-state index contributed by atoms with van der Waals surface area (Å²) in [7, 11) is 1.46. The summed E-state index contributed by atoms with van der Waals surface area (Å²) in [6.45, 7) is 2.76. The van der Waals surface area contributed by atoms with Crippen molar-refractivity contribution < 1.29 is 13.9 Å². The highest BCUT2D eigenvalue weighted by Crippen LogP contribution is 2.32. The Balaban J connectivity index is 2.82. The van der Waals surface area contributed by atoms with Gasteiger partial charge >= 0.3 is 0 Å². The zero-order chi connectivity index (χ0) is 15.0. The summed E-state index contributed by atoms with van der Waals surface area (Å²) in [6.07, 6.45) is 6.39. The lowest BCUT2D eigenvalue weighted by Crippen LogP contribution is -2.20. The van der Waals surface area contributed by atoms with Crippen LogP contribution in [0.15, 0.2) is 12.1 Å². The SMILES string of the molecule is C#CCOc1c(F)cc(CCC(=S)NCC)cc1OC. The van der Waals surface area contributed by atoms with Gasteiger partial charge in [0.05, 0.1) is 12.1 Å². The van der Waals surface area contributed by atoms with Crippen molar-refractivity contribution >= 4 is 17.2 Å². The summed E-state index contributed by atoms with van der Waals surface area (Å²) >= 11 is 5.15. The largest absolute Gasteiger partial charge is 0.493 e. The third kappa shape index (κ3) is 4.71. The van der Waals surface area contributed by atoms with Gasteiger partial charge in [0.1, 0.15) is 6.61 Å². The maximum Gasteiger partial charge on any atom is 0.198 e. The first kappa shape index (κ1) is 16.3. The molecule has 0 aliphatic carbocycles. The number of methoxy groups -OCH3 is 1. The minimum Gasteiger partial charge on any atom is -0.493 e. The van der Waals surface area contributed by atoms with Crippen molar-refractivity contribution in [3.8, 4) is 23.8 Å². The lowest BCUT2D eigenvalue weighted by Gasteiger charge is -2.12. The average molecular weight is 295 g/mol. The molecule has 1 aromatic carbocycles. The number of halogens is 1. The monoisotopic (exact) mass is 295 g/mol. The molecule has 108 valence electrons. The predicted octanol–water partition coefficient (Wildman–Crippen LogP) is 2.72. The van der Waals surface area contributed by atoms with E-state index < -0.39 is 5.82 Å². The highest BCUT2D eigenvalue weighted by molar-refractivity contribution is 7.80. The summed E-state index contributed by atoms with van der Waals surface area (Å²) in [5.74, 6) is 2.19. The first-order valence-electron chi connectivity index (χ1n) is 6.31. The number of thiocarbonyl (C=S) groups is 1. The van der Waals surface area contributed by atoms with Crippen molar-refractivity contribution in [3.63, 3.8) is 0 Å². The smallest absolute Gasteiger partial charge is 0.198 e. The minimum atomic E-state index is -0.482. The molecule has 0 radical (unpaired) electrons. The number of rotatable bonds is 7. The second-order valence-corrected chi connectivity index (χ2v) is 4.55. The molecule has 1 rings (SSSR count). The van der Waals surface area contributed by atoms with Gasteiger partial charge in [-0.25, -0.2) is 4.39 Å². The molecule has 0 aromatic heterocycles. The van der Waals surface area contributed by atoms with Crippen LogP contribution >= 0.6 is 12.2 Å². The Morgan fingerprint density at radius 1 is 1.50 bits per heavy atom. The topological polar surface area (TPSA) is 30.5 Å². The fourth-order valence-electron chi connectivity index (χ4n) is 1.71. The van der Waals surface area contributed by atoms with Gasteiger partial charge in [0.2, 0.25) is 0 Å². The fraction of sp³-hybridized carbons (Fsp3) is 0.400. The quantitative estimate of drug-likeness (QED) is 0.619. The lowest BCUT2D eigenvalue weighted by molar-refractivity contribution is 0.313. The third-order valence-electron chi connectivity index (χ3n) is 2.60. The number of hydrogen-bond donors (Lipinski definition) is 1. The molecule has 0 fully saturated rings. The molecule has 0 spiro atoms. The normalized spacial score (nSPS) is 9.70. The maximum absolute atomic E-state index is 14.0. The van der Waals surface area contributed by atoms with Crippen molar-refractivity contribution in [2.75, 3.05) is 20.3 Å². The van der Waals surface area contributed by atoms with Crippen LogP contribution in [0.5, 0.6) is 11.5 Å². The van der Waals surface area contributed by atoms with Crippen LogP contribution < -0.4 is 14.8 Å². The van der Waals surface area contributed by atoms with Gasteiger partial charge in [0.25, 0.3) is 0 Å². The molecule has 0 aliphatic heterocycles. The van der Waals surface area contributed by atoms with Crippen molar-refractivity contribution in [1.82, 2.24) is 5.32 Å². The summed E-state index contributed by atoms with van der Waals surface area (Å²) in [6, 6.07) is 3.16. The van der Waals surface area contributed by atoms with Crippen LogP contribution in [-0.4, -0.2) is 25.2 Å². The summed E-state index contributed by atoms with van der Waals surface area (Å²) in [5.41, 5.74) is 0.799. The van der Waals surface area contributed by atoms with Gasteiger partial charge in [0.15, 0.2) is 17.3 Å². The van der Waals surface area contributed by atoms with E-state index >= 15 is 0 Å². The van der Waals surface area contributed by atoms with E-state index in [1.54, 1.807) is 6.07 Å². The Morgan fingerprint density at radius 2 is 2.25 bits per heavy atom. The molecular weight excluding hydrogens is 277 g/mol. The number of ether oxygens (including phenoxy) is 2. The highest BCUT2D eigenvalue weighted by atomic mass is 32.1. The van der Waals surface area contributed by atoms with Crippen LogP contribution in [0.25, 0.3) is 0 Å². The Morgan fingerprint density at radius 3 is 2.85 bits per heavy atom. The number of aryl methyl sites for hydroxylation is 1. The molecule has 0 atom stereocenters. The van der Waals surface area contributed by atoms with Gasteiger partial charge in [-0.3, -0.25) is 0 Å². The number of benzene rings is 1. The third-order valence-corrected chi connectivity index (χ3v) is 2.95. The van der Waals surface area contributed by atoms with Crippen LogP contribution in [-0.2, 0) is 6.42 Å².